The molecule has 0 atom stereocenters. The number of fused-ring (bicyclic) bond motifs is 1. The fourth-order valence-corrected chi connectivity index (χ4v) is 4.94. The van der Waals surface area contributed by atoms with Gasteiger partial charge in [-0.2, -0.15) is 0 Å². The van der Waals surface area contributed by atoms with Gasteiger partial charge in [0.1, 0.15) is 0 Å². The normalized spacial score (nSPS) is 15.2. The number of methoxy groups -OCH3 is 1. The van der Waals surface area contributed by atoms with Crippen LogP contribution >= 0.6 is 0 Å². The predicted octanol–water partition coefficient (Wildman–Crippen LogP) is 5.86. The third-order valence-corrected chi connectivity index (χ3v) is 7.16. The van der Waals surface area contributed by atoms with Crippen molar-refractivity contribution in [2.24, 2.45) is 11.8 Å². The van der Waals surface area contributed by atoms with Gasteiger partial charge in [0.25, 0.3) is 0 Å². The van der Waals surface area contributed by atoms with Gasteiger partial charge in [0.2, 0.25) is 5.95 Å². The number of anilines is 1. The van der Waals surface area contributed by atoms with Crippen molar-refractivity contribution < 1.29 is 4.74 Å². The highest BCUT2D eigenvalue weighted by molar-refractivity contribution is 5.79. The molecule has 0 radical (unpaired) electrons. The number of nitrogens with zero attached hydrogens (tertiary/aromatic N) is 4. The molecule has 0 saturated carbocycles. The first kappa shape index (κ1) is 27.9. The van der Waals surface area contributed by atoms with E-state index in [0.29, 0.717) is 6.61 Å². The van der Waals surface area contributed by atoms with E-state index in [0.717, 1.165) is 49.4 Å². The van der Waals surface area contributed by atoms with Gasteiger partial charge >= 0.3 is 0 Å². The number of aryl methyl sites for hydroxylation is 1. The number of imidazole rings is 1. The largest absolute Gasteiger partial charge is 0.383 e. The van der Waals surface area contributed by atoms with Crippen molar-refractivity contribution in [3.8, 4) is 0 Å². The Balaban J connectivity index is 1.75. The van der Waals surface area contributed by atoms with E-state index in [-0.39, 0.29) is 0 Å². The van der Waals surface area contributed by atoms with E-state index < -0.39 is 0 Å². The molecule has 0 spiro atoms. The summed E-state index contributed by atoms with van der Waals surface area (Å²) in [4.78, 5) is 10.2. The van der Waals surface area contributed by atoms with Gasteiger partial charge in [-0.3, -0.25) is 4.90 Å². The van der Waals surface area contributed by atoms with Crippen molar-refractivity contribution in [3.05, 3.63) is 23.8 Å². The topological polar surface area (TPSA) is 45.6 Å². The SMILES string of the molecule is COCCNc1nc2ccc(CN(CCC(C)C)CCC(C)C)cc2n1CCCN1CCCCC1. The number of likely N-dealkylation sites (tertiary alicyclic amines) is 1. The molecule has 2 heterocycles. The molecule has 1 aromatic heterocycles. The van der Waals surface area contributed by atoms with Crippen molar-refractivity contribution in [1.29, 1.82) is 0 Å². The lowest BCUT2D eigenvalue weighted by Gasteiger charge is -2.26. The van der Waals surface area contributed by atoms with E-state index in [1.807, 2.05) is 0 Å². The summed E-state index contributed by atoms with van der Waals surface area (Å²) >= 11 is 0. The lowest BCUT2D eigenvalue weighted by Crippen LogP contribution is -2.31. The van der Waals surface area contributed by atoms with Gasteiger partial charge in [-0.25, -0.2) is 4.98 Å². The zero-order valence-electron chi connectivity index (χ0n) is 23.2. The summed E-state index contributed by atoms with van der Waals surface area (Å²) in [6.07, 6.45) is 7.76. The van der Waals surface area contributed by atoms with Crippen LogP contribution in [0.15, 0.2) is 18.2 Å². The van der Waals surface area contributed by atoms with Gasteiger partial charge in [-0.1, -0.05) is 40.2 Å². The maximum Gasteiger partial charge on any atom is 0.203 e. The van der Waals surface area contributed by atoms with Crippen LogP contribution in [0.5, 0.6) is 0 Å². The van der Waals surface area contributed by atoms with E-state index in [9.17, 15) is 0 Å². The molecule has 0 bridgehead atoms. The molecule has 2 aromatic rings. The minimum atomic E-state index is 0.683. The number of piperidine rings is 1. The lowest BCUT2D eigenvalue weighted by atomic mass is 10.1. The van der Waals surface area contributed by atoms with E-state index in [4.69, 9.17) is 9.72 Å². The summed E-state index contributed by atoms with van der Waals surface area (Å²) in [5.41, 5.74) is 3.74. The number of benzene rings is 1. The van der Waals surface area contributed by atoms with E-state index in [1.165, 1.54) is 75.9 Å². The Hall–Kier alpha value is -1.63. The van der Waals surface area contributed by atoms with Gasteiger partial charge in [0, 0.05) is 26.7 Å². The second-order valence-corrected chi connectivity index (χ2v) is 11.2. The van der Waals surface area contributed by atoms with Gasteiger partial charge in [-0.05, 0) is 94.4 Å². The average Bonchev–Trinajstić information content (AvgIpc) is 3.18. The number of rotatable bonds is 16. The highest BCUT2D eigenvalue weighted by atomic mass is 16.5. The van der Waals surface area contributed by atoms with Crippen molar-refractivity contribution in [3.63, 3.8) is 0 Å². The number of ether oxygens (including phenoxy) is 1. The highest BCUT2D eigenvalue weighted by Gasteiger charge is 2.15. The van der Waals surface area contributed by atoms with Crippen LogP contribution in [-0.4, -0.2) is 72.3 Å². The molecule has 0 unspecified atom stereocenters. The summed E-state index contributed by atoms with van der Waals surface area (Å²) in [6, 6.07) is 6.89. The molecule has 1 N–H and O–H groups in total. The second-order valence-electron chi connectivity index (χ2n) is 11.2. The first-order valence-electron chi connectivity index (χ1n) is 14.1. The molecule has 6 nitrogen and oxygen atoms in total. The van der Waals surface area contributed by atoms with Crippen LogP contribution in [0, 0.1) is 11.8 Å². The van der Waals surface area contributed by atoms with Crippen LogP contribution in [-0.2, 0) is 17.8 Å². The maximum absolute atomic E-state index is 5.27. The summed E-state index contributed by atoms with van der Waals surface area (Å²) < 4.78 is 7.68. The van der Waals surface area contributed by atoms with Crippen LogP contribution < -0.4 is 5.32 Å². The summed E-state index contributed by atoms with van der Waals surface area (Å²) in [5.74, 6) is 2.45. The Kier molecular flexibility index (Phi) is 11.8. The Morgan fingerprint density at radius 3 is 2.37 bits per heavy atom. The fourth-order valence-electron chi connectivity index (χ4n) is 4.94. The van der Waals surface area contributed by atoms with Crippen molar-refractivity contribution in [2.45, 2.75) is 79.3 Å². The molecule has 6 heteroatoms. The molecular formula is C29H51N5O. The van der Waals surface area contributed by atoms with Gasteiger partial charge in [-0.15, -0.1) is 0 Å². The highest BCUT2D eigenvalue weighted by Crippen LogP contribution is 2.23. The number of nitrogens with one attached hydrogen (secondary N) is 1. The minimum Gasteiger partial charge on any atom is -0.383 e. The van der Waals surface area contributed by atoms with Gasteiger partial charge in [0.05, 0.1) is 17.6 Å². The smallest absolute Gasteiger partial charge is 0.203 e. The molecule has 1 fully saturated rings. The molecule has 198 valence electrons. The van der Waals surface area contributed by atoms with Gasteiger partial charge in [0.15, 0.2) is 0 Å². The molecule has 1 saturated heterocycles. The quantitative estimate of drug-likeness (QED) is 0.302. The number of hydrogen-bond acceptors (Lipinski definition) is 5. The molecule has 1 aromatic carbocycles. The van der Waals surface area contributed by atoms with Crippen LogP contribution in [0.4, 0.5) is 5.95 Å². The minimum absolute atomic E-state index is 0.683. The molecule has 1 aliphatic heterocycles. The van der Waals surface area contributed by atoms with Crippen LogP contribution in [0.3, 0.4) is 0 Å². The lowest BCUT2D eigenvalue weighted by molar-refractivity contribution is 0.210. The first-order chi connectivity index (χ1) is 17.0. The molecule has 35 heavy (non-hydrogen) atoms. The Bertz CT molecular complexity index is 844. The fraction of sp³-hybridized carbons (Fsp3) is 0.759. The van der Waals surface area contributed by atoms with E-state index in [1.54, 1.807) is 7.11 Å². The summed E-state index contributed by atoms with van der Waals surface area (Å²) in [6.45, 7) is 18.8. The molecule has 1 aliphatic rings. The molecule has 0 amide bonds. The van der Waals surface area contributed by atoms with Crippen LogP contribution in [0.1, 0.15) is 71.8 Å². The molecule has 0 aliphatic carbocycles. The van der Waals surface area contributed by atoms with Crippen molar-refractivity contribution >= 4 is 17.0 Å². The van der Waals surface area contributed by atoms with Crippen LogP contribution in [0.25, 0.3) is 11.0 Å². The second kappa shape index (κ2) is 14.8. The average molecular weight is 486 g/mol. The summed E-state index contributed by atoms with van der Waals surface area (Å²) in [7, 11) is 1.75. The van der Waals surface area contributed by atoms with E-state index >= 15 is 0 Å². The standard InChI is InChI=1S/C29H51N5O/c1-24(2)12-19-33(20-13-25(3)4)23-26-10-11-27-28(22-26)34(29(31-27)30-14-21-35-5)18-9-17-32-15-7-6-8-16-32/h10-11,22,24-25H,6-9,12-21,23H2,1-5H3,(H,30,31). The monoisotopic (exact) mass is 485 g/mol. The Labute approximate surface area is 214 Å². The van der Waals surface area contributed by atoms with Crippen LogP contribution in [0.2, 0.25) is 0 Å². The molecule has 3 rings (SSSR count). The van der Waals surface area contributed by atoms with Gasteiger partial charge < -0.3 is 19.5 Å². The summed E-state index contributed by atoms with van der Waals surface area (Å²) in [5, 5.41) is 3.52. The Morgan fingerprint density at radius 2 is 1.71 bits per heavy atom. The third-order valence-electron chi connectivity index (χ3n) is 7.16. The van der Waals surface area contributed by atoms with E-state index in [2.05, 4.69) is 65.6 Å². The zero-order valence-corrected chi connectivity index (χ0v) is 23.2. The van der Waals surface area contributed by atoms with Crippen molar-refractivity contribution in [1.82, 2.24) is 19.4 Å². The Morgan fingerprint density at radius 1 is 1.00 bits per heavy atom. The predicted molar refractivity (Wildman–Crippen MR) is 149 cm³/mol. The maximum atomic E-state index is 5.27. The number of hydrogen-bond donors (Lipinski definition) is 1. The number of aromatic nitrogens is 2. The molecular weight excluding hydrogens is 434 g/mol. The first-order valence-corrected chi connectivity index (χ1v) is 14.1. The van der Waals surface area contributed by atoms with Crippen molar-refractivity contribution in [2.75, 3.05) is 58.3 Å². The zero-order chi connectivity index (χ0) is 25.0. The third kappa shape index (κ3) is 9.40.